The average molecular weight is 286 g/mol. The first-order valence-corrected chi connectivity index (χ1v) is 5.51. The van der Waals surface area contributed by atoms with E-state index in [-0.39, 0.29) is 18.2 Å². The number of hydrogen-bond donors (Lipinski definition) is 2. The van der Waals surface area contributed by atoms with Gasteiger partial charge in [-0.25, -0.2) is 14.4 Å². The lowest BCUT2D eigenvalue weighted by Gasteiger charge is -2.12. The molecule has 0 radical (unpaired) electrons. The Morgan fingerprint density at radius 3 is 2.45 bits per heavy atom. The maximum atomic E-state index is 13.2. The number of nitrogens with two attached hydrogens (primary N) is 2. The van der Waals surface area contributed by atoms with Crippen molar-refractivity contribution >= 4 is 5.82 Å². The SMILES string of the molecule is NCc1cnc(-c2cc(F)ccc2C(F)(F)F)nc1N. The van der Waals surface area contributed by atoms with E-state index in [1.807, 2.05) is 0 Å². The molecular weight excluding hydrogens is 276 g/mol. The van der Waals surface area contributed by atoms with Crippen molar-refractivity contribution in [1.29, 1.82) is 0 Å². The predicted octanol–water partition coefficient (Wildman–Crippen LogP) is 2.34. The molecule has 20 heavy (non-hydrogen) atoms. The molecule has 4 N–H and O–H groups in total. The summed E-state index contributed by atoms with van der Waals surface area (Å²) in [6.45, 7) is 0.0569. The van der Waals surface area contributed by atoms with Crippen LogP contribution in [0.4, 0.5) is 23.4 Å². The van der Waals surface area contributed by atoms with Gasteiger partial charge in [0.05, 0.1) is 5.56 Å². The summed E-state index contributed by atoms with van der Waals surface area (Å²) in [7, 11) is 0. The summed E-state index contributed by atoms with van der Waals surface area (Å²) in [5, 5.41) is 0. The van der Waals surface area contributed by atoms with E-state index in [0.29, 0.717) is 11.6 Å². The van der Waals surface area contributed by atoms with Crippen LogP contribution in [0.2, 0.25) is 0 Å². The van der Waals surface area contributed by atoms with Crippen molar-refractivity contribution in [2.24, 2.45) is 5.73 Å². The third-order valence-electron chi connectivity index (χ3n) is 2.65. The molecule has 0 amide bonds. The fourth-order valence-electron chi connectivity index (χ4n) is 1.66. The number of nitrogen functional groups attached to an aromatic ring is 1. The highest BCUT2D eigenvalue weighted by Crippen LogP contribution is 2.36. The van der Waals surface area contributed by atoms with E-state index in [9.17, 15) is 17.6 Å². The Labute approximate surface area is 111 Å². The second-order valence-electron chi connectivity index (χ2n) is 4.00. The molecule has 0 aliphatic carbocycles. The minimum atomic E-state index is -4.65. The number of halogens is 4. The molecule has 0 bridgehead atoms. The number of anilines is 1. The molecule has 0 aliphatic rings. The summed E-state index contributed by atoms with van der Waals surface area (Å²) in [6.07, 6.45) is -3.42. The van der Waals surface area contributed by atoms with Gasteiger partial charge in [-0.05, 0) is 18.2 Å². The summed E-state index contributed by atoms with van der Waals surface area (Å²) in [5.41, 5.74) is 9.83. The van der Waals surface area contributed by atoms with Crippen LogP contribution in [0.25, 0.3) is 11.4 Å². The summed E-state index contributed by atoms with van der Waals surface area (Å²) >= 11 is 0. The molecule has 0 atom stereocenters. The summed E-state index contributed by atoms with van der Waals surface area (Å²) < 4.78 is 51.8. The molecule has 1 heterocycles. The van der Waals surface area contributed by atoms with Gasteiger partial charge < -0.3 is 11.5 Å². The van der Waals surface area contributed by atoms with E-state index in [2.05, 4.69) is 9.97 Å². The van der Waals surface area contributed by atoms with Gasteiger partial charge in [-0.2, -0.15) is 13.2 Å². The van der Waals surface area contributed by atoms with E-state index in [1.54, 1.807) is 0 Å². The zero-order valence-corrected chi connectivity index (χ0v) is 10.1. The Kier molecular flexibility index (Phi) is 3.58. The highest BCUT2D eigenvalue weighted by molar-refractivity contribution is 5.63. The van der Waals surface area contributed by atoms with Crippen molar-refractivity contribution in [1.82, 2.24) is 9.97 Å². The summed E-state index contributed by atoms with van der Waals surface area (Å²) in [6, 6.07) is 2.09. The zero-order valence-electron chi connectivity index (χ0n) is 10.1. The Morgan fingerprint density at radius 2 is 1.90 bits per heavy atom. The van der Waals surface area contributed by atoms with Gasteiger partial charge in [-0.15, -0.1) is 0 Å². The van der Waals surface area contributed by atoms with E-state index in [0.717, 1.165) is 12.1 Å². The van der Waals surface area contributed by atoms with Crippen LogP contribution in [0.5, 0.6) is 0 Å². The van der Waals surface area contributed by atoms with Gasteiger partial charge in [-0.1, -0.05) is 0 Å². The molecule has 4 nitrogen and oxygen atoms in total. The molecule has 8 heteroatoms. The molecule has 2 rings (SSSR count). The third kappa shape index (κ3) is 2.69. The molecule has 0 spiro atoms. The van der Waals surface area contributed by atoms with Crippen LogP contribution in [0.1, 0.15) is 11.1 Å². The molecule has 0 unspecified atom stereocenters. The van der Waals surface area contributed by atoms with Gasteiger partial charge in [0.25, 0.3) is 0 Å². The van der Waals surface area contributed by atoms with Crippen molar-refractivity contribution < 1.29 is 17.6 Å². The van der Waals surface area contributed by atoms with E-state index >= 15 is 0 Å². The number of alkyl halides is 3. The second kappa shape index (κ2) is 5.04. The van der Waals surface area contributed by atoms with Gasteiger partial charge >= 0.3 is 6.18 Å². The average Bonchev–Trinajstić information content (AvgIpc) is 2.37. The molecule has 0 saturated carbocycles. The third-order valence-corrected chi connectivity index (χ3v) is 2.65. The van der Waals surface area contributed by atoms with Crippen molar-refractivity contribution in [3.63, 3.8) is 0 Å². The van der Waals surface area contributed by atoms with Gasteiger partial charge in [-0.3, -0.25) is 0 Å². The fraction of sp³-hybridized carbons (Fsp3) is 0.167. The Morgan fingerprint density at radius 1 is 1.20 bits per heavy atom. The van der Waals surface area contributed by atoms with Crippen LogP contribution in [-0.4, -0.2) is 9.97 Å². The van der Waals surface area contributed by atoms with Crippen LogP contribution in [0, 0.1) is 5.82 Å². The van der Waals surface area contributed by atoms with Gasteiger partial charge in [0.15, 0.2) is 5.82 Å². The molecule has 1 aromatic carbocycles. The van der Waals surface area contributed by atoms with E-state index in [1.165, 1.54) is 6.20 Å². The van der Waals surface area contributed by atoms with Gasteiger partial charge in [0.1, 0.15) is 11.6 Å². The van der Waals surface area contributed by atoms with Gasteiger partial charge in [0, 0.05) is 23.9 Å². The molecule has 0 aliphatic heterocycles. The fourth-order valence-corrected chi connectivity index (χ4v) is 1.66. The first-order valence-electron chi connectivity index (χ1n) is 5.51. The van der Waals surface area contributed by atoms with Crippen molar-refractivity contribution in [3.8, 4) is 11.4 Å². The normalized spacial score (nSPS) is 11.7. The Bertz CT molecular complexity index is 640. The molecule has 1 aromatic heterocycles. The Hall–Kier alpha value is -2.22. The lowest BCUT2D eigenvalue weighted by atomic mass is 10.1. The number of aromatic nitrogens is 2. The first kappa shape index (κ1) is 14.2. The topological polar surface area (TPSA) is 77.8 Å². The number of benzene rings is 1. The lowest BCUT2D eigenvalue weighted by molar-refractivity contribution is -0.137. The predicted molar refractivity (Wildman–Crippen MR) is 64.7 cm³/mol. The standard InChI is InChI=1S/C12H10F4N4/c13-7-1-2-9(12(14,15)16)8(3-7)11-19-5-6(4-17)10(18)20-11/h1-3,5H,4,17H2,(H2,18,19,20). The molecule has 106 valence electrons. The van der Waals surface area contributed by atoms with Crippen molar-refractivity contribution in [3.05, 3.63) is 41.3 Å². The second-order valence-corrected chi connectivity index (χ2v) is 4.00. The van der Waals surface area contributed by atoms with Crippen molar-refractivity contribution in [2.45, 2.75) is 12.7 Å². The largest absolute Gasteiger partial charge is 0.417 e. The lowest BCUT2D eigenvalue weighted by Crippen LogP contribution is -2.10. The number of hydrogen-bond acceptors (Lipinski definition) is 4. The van der Waals surface area contributed by atoms with Crippen molar-refractivity contribution in [2.75, 3.05) is 5.73 Å². The maximum absolute atomic E-state index is 13.2. The van der Waals surface area contributed by atoms with Crippen LogP contribution in [0.3, 0.4) is 0 Å². The molecule has 2 aromatic rings. The highest BCUT2D eigenvalue weighted by Gasteiger charge is 2.34. The van der Waals surface area contributed by atoms with Gasteiger partial charge in [0.2, 0.25) is 0 Å². The van der Waals surface area contributed by atoms with E-state index in [4.69, 9.17) is 11.5 Å². The van der Waals surface area contributed by atoms with Crippen LogP contribution in [-0.2, 0) is 12.7 Å². The first-order chi connectivity index (χ1) is 9.32. The molecular formula is C12H10F4N4. The minimum Gasteiger partial charge on any atom is -0.383 e. The number of rotatable bonds is 2. The Balaban J connectivity index is 2.62. The van der Waals surface area contributed by atoms with Crippen LogP contribution < -0.4 is 11.5 Å². The zero-order chi connectivity index (χ0) is 14.9. The number of nitrogens with zero attached hydrogens (tertiary/aromatic N) is 2. The monoisotopic (exact) mass is 286 g/mol. The highest BCUT2D eigenvalue weighted by atomic mass is 19.4. The minimum absolute atomic E-state index is 0.0325. The maximum Gasteiger partial charge on any atom is 0.417 e. The molecule has 0 fully saturated rings. The van der Waals surface area contributed by atoms with Crippen LogP contribution >= 0.6 is 0 Å². The quantitative estimate of drug-likeness (QED) is 0.831. The summed E-state index contributed by atoms with van der Waals surface area (Å²) in [5.74, 6) is -1.15. The smallest absolute Gasteiger partial charge is 0.383 e. The van der Waals surface area contributed by atoms with E-state index < -0.39 is 23.1 Å². The summed E-state index contributed by atoms with van der Waals surface area (Å²) in [4.78, 5) is 7.51. The molecule has 0 saturated heterocycles. The van der Waals surface area contributed by atoms with Crippen LogP contribution in [0.15, 0.2) is 24.4 Å².